The molecule has 3 heteroatoms. The second-order valence-electron chi connectivity index (χ2n) is 3.92. The van der Waals surface area contributed by atoms with Crippen molar-refractivity contribution < 1.29 is 4.74 Å². The van der Waals surface area contributed by atoms with Gasteiger partial charge in [0.25, 0.3) is 0 Å². The molecule has 0 radical (unpaired) electrons. The lowest BCUT2D eigenvalue weighted by atomic mass is 9.99. The summed E-state index contributed by atoms with van der Waals surface area (Å²) in [6.45, 7) is 2.82. The second-order valence-corrected chi connectivity index (χ2v) is 4.33. The lowest BCUT2D eigenvalue weighted by Gasteiger charge is -2.20. The Morgan fingerprint density at radius 3 is 2.88 bits per heavy atom. The van der Waals surface area contributed by atoms with E-state index in [-0.39, 0.29) is 6.04 Å². The summed E-state index contributed by atoms with van der Waals surface area (Å²) in [7, 11) is 1.94. The van der Waals surface area contributed by atoms with Gasteiger partial charge in [-0.25, -0.2) is 0 Å². The van der Waals surface area contributed by atoms with E-state index in [1.165, 1.54) is 5.56 Å². The molecule has 0 amide bonds. The van der Waals surface area contributed by atoms with Crippen LogP contribution in [-0.2, 0) is 4.74 Å². The highest BCUT2D eigenvalue weighted by Crippen LogP contribution is 2.30. The molecule has 1 aromatic carbocycles. The minimum Gasteiger partial charge on any atom is -0.496 e. The zero-order chi connectivity index (χ0) is 11.5. The number of nitrogens with one attached hydrogen (secondary N) is 1. The summed E-state index contributed by atoms with van der Waals surface area (Å²) in [6.07, 6.45) is 3.13. The van der Waals surface area contributed by atoms with E-state index in [0.29, 0.717) is 0 Å². The first-order chi connectivity index (χ1) is 7.74. The molecule has 1 aromatic rings. The Labute approximate surface area is 101 Å². The predicted molar refractivity (Wildman–Crippen MR) is 66.6 cm³/mol. The Kier molecular flexibility index (Phi) is 3.52. The smallest absolute Gasteiger partial charge is 0.114 e. The molecular formula is C13H16ClNO. The molecule has 2 rings (SSSR count). The highest BCUT2D eigenvalue weighted by molar-refractivity contribution is 6.31. The molecule has 0 saturated heterocycles. The van der Waals surface area contributed by atoms with Gasteiger partial charge in [-0.2, -0.15) is 0 Å². The molecule has 0 fully saturated rings. The predicted octanol–water partition coefficient (Wildman–Crippen LogP) is 3.21. The molecule has 16 heavy (non-hydrogen) atoms. The SMILES string of the molecule is CNC(C1=CCCO1)c1cccc(Cl)c1C. The first-order valence-electron chi connectivity index (χ1n) is 5.49. The van der Waals surface area contributed by atoms with Gasteiger partial charge in [-0.3, -0.25) is 0 Å². The first kappa shape index (κ1) is 11.5. The van der Waals surface area contributed by atoms with E-state index in [4.69, 9.17) is 16.3 Å². The Bertz CT molecular complexity index is 414. The molecule has 0 spiro atoms. The molecular weight excluding hydrogens is 222 g/mol. The summed E-state index contributed by atoms with van der Waals surface area (Å²) in [5.41, 5.74) is 2.29. The van der Waals surface area contributed by atoms with Gasteiger partial charge in [-0.15, -0.1) is 0 Å². The molecule has 1 atom stereocenters. The maximum Gasteiger partial charge on any atom is 0.114 e. The molecule has 1 aliphatic rings. The van der Waals surface area contributed by atoms with Crippen LogP contribution in [0.1, 0.15) is 23.6 Å². The van der Waals surface area contributed by atoms with Crippen molar-refractivity contribution in [3.8, 4) is 0 Å². The fourth-order valence-corrected chi connectivity index (χ4v) is 2.21. The molecule has 1 N–H and O–H groups in total. The average molecular weight is 238 g/mol. The van der Waals surface area contributed by atoms with Crippen LogP contribution in [-0.4, -0.2) is 13.7 Å². The second kappa shape index (κ2) is 4.89. The van der Waals surface area contributed by atoms with Crippen LogP contribution in [0.2, 0.25) is 5.02 Å². The molecule has 2 nitrogen and oxygen atoms in total. The maximum absolute atomic E-state index is 6.13. The highest BCUT2D eigenvalue weighted by atomic mass is 35.5. The minimum absolute atomic E-state index is 0.112. The Balaban J connectivity index is 2.36. The normalized spacial score (nSPS) is 16.8. The van der Waals surface area contributed by atoms with Crippen molar-refractivity contribution in [2.45, 2.75) is 19.4 Å². The molecule has 1 heterocycles. The van der Waals surface area contributed by atoms with E-state index in [0.717, 1.165) is 29.4 Å². The molecule has 0 aliphatic carbocycles. The van der Waals surface area contributed by atoms with Gasteiger partial charge in [0, 0.05) is 11.4 Å². The van der Waals surface area contributed by atoms with Crippen molar-refractivity contribution in [1.29, 1.82) is 0 Å². The van der Waals surface area contributed by atoms with E-state index >= 15 is 0 Å². The number of rotatable bonds is 3. The van der Waals surface area contributed by atoms with Gasteiger partial charge in [0.05, 0.1) is 12.6 Å². The van der Waals surface area contributed by atoms with E-state index in [2.05, 4.69) is 17.5 Å². The fraction of sp³-hybridized carbons (Fsp3) is 0.385. The van der Waals surface area contributed by atoms with Gasteiger partial charge in [0.1, 0.15) is 5.76 Å². The molecule has 1 unspecified atom stereocenters. The van der Waals surface area contributed by atoms with E-state index in [1.54, 1.807) is 0 Å². The molecule has 0 aromatic heterocycles. The van der Waals surface area contributed by atoms with Crippen LogP contribution >= 0.6 is 11.6 Å². The largest absolute Gasteiger partial charge is 0.496 e. The topological polar surface area (TPSA) is 21.3 Å². The maximum atomic E-state index is 6.13. The highest BCUT2D eigenvalue weighted by Gasteiger charge is 2.21. The number of halogens is 1. The first-order valence-corrected chi connectivity index (χ1v) is 5.87. The van der Waals surface area contributed by atoms with E-state index in [1.807, 2.05) is 26.1 Å². The summed E-state index contributed by atoms with van der Waals surface area (Å²) in [5, 5.41) is 4.08. The van der Waals surface area contributed by atoms with Gasteiger partial charge in [0.15, 0.2) is 0 Å². The lowest BCUT2D eigenvalue weighted by molar-refractivity contribution is 0.218. The monoisotopic (exact) mass is 237 g/mol. The number of likely N-dealkylation sites (N-methyl/N-ethyl adjacent to an activating group) is 1. The third-order valence-corrected chi connectivity index (χ3v) is 3.34. The summed E-state index contributed by atoms with van der Waals surface area (Å²) < 4.78 is 5.61. The summed E-state index contributed by atoms with van der Waals surface area (Å²) in [5.74, 6) is 1.01. The summed E-state index contributed by atoms with van der Waals surface area (Å²) >= 11 is 6.13. The third-order valence-electron chi connectivity index (χ3n) is 2.93. The fourth-order valence-electron chi connectivity index (χ4n) is 2.03. The lowest BCUT2D eigenvalue weighted by Crippen LogP contribution is -2.20. The summed E-state index contributed by atoms with van der Waals surface area (Å²) in [6, 6.07) is 6.09. The van der Waals surface area contributed by atoms with E-state index < -0.39 is 0 Å². The molecule has 0 saturated carbocycles. The van der Waals surface area contributed by atoms with Gasteiger partial charge < -0.3 is 10.1 Å². The Morgan fingerprint density at radius 2 is 2.25 bits per heavy atom. The van der Waals surface area contributed by atoms with Crippen molar-refractivity contribution >= 4 is 11.6 Å². The van der Waals surface area contributed by atoms with Crippen LogP contribution < -0.4 is 5.32 Å². The van der Waals surface area contributed by atoms with Crippen molar-refractivity contribution in [1.82, 2.24) is 5.32 Å². The number of hydrogen-bond donors (Lipinski definition) is 1. The van der Waals surface area contributed by atoms with Gasteiger partial charge in [0.2, 0.25) is 0 Å². The van der Waals surface area contributed by atoms with Gasteiger partial charge in [-0.05, 0) is 37.2 Å². The van der Waals surface area contributed by atoms with Gasteiger partial charge in [-0.1, -0.05) is 23.7 Å². The zero-order valence-electron chi connectivity index (χ0n) is 9.59. The third kappa shape index (κ3) is 2.08. The van der Waals surface area contributed by atoms with Crippen molar-refractivity contribution in [3.05, 3.63) is 46.2 Å². The zero-order valence-corrected chi connectivity index (χ0v) is 10.3. The summed E-state index contributed by atoms with van der Waals surface area (Å²) in [4.78, 5) is 0. The number of ether oxygens (including phenoxy) is 1. The van der Waals surface area contributed by atoms with Crippen LogP contribution in [0.25, 0.3) is 0 Å². The van der Waals surface area contributed by atoms with Crippen molar-refractivity contribution in [2.75, 3.05) is 13.7 Å². The van der Waals surface area contributed by atoms with Crippen LogP contribution in [0, 0.1) is 6.92 Å². The minimum atomic E-state index is 0.112. The van der Waals surface area contributed by atoms with E-state index in [9.17, 15) is 0 Å². The quantitative estimate of drug-likeness (QED) is 0.872. The average Bonchev–Trinajstić information content (AvgIpc) is 2.79. The van der Waals surface area contributed by atoms with Crippen LogP contribution in [0.15, 0.2) is 30.0 Å². The number of hydrogen-bond acceptors (Lipinski definition) is 2. The standard InChI is InChI=1S/C13H16ClNO/c1-9-10(5-3-6-11(9)14)13(15-2)12-7-4-8-16-12/h3,5-7,13,15H,4,8H2,1-2H3. The molecule has 0 bridgehead atoms. The van der Waals surface area contributed by atoms with Crippen molar-refractivity contribution in [2.24, 2.45) is 0 Å². The molecule has 86 valence electrons. The van der Waals surface area contributed by atoms with Crippen molar-refractivity contribution in [3.63, 3.8) is 0 Å². The van der Waals surface area contributed by atoms with Gasteiger partial charge >= 0.3 is 0 Å². The Morgan fingerprint density at radius 1 is 1.44 bits per heavy atom. The van der Waals surface area contributed by atoms with Crippen LogP contribution in [0.4, 0.5) is 0 Å². The van der Waals surface area contributed by atoms with Crippen LogP contribution in [0.5, 0.6) is 0 Å². The Hall–Kier alpha value is -0.990. The number of benzene rings is 1. The van der Waals surface area contributed by atoms with Crippen LogP contribution in [0.3, 0.4) is 0 Å². The molecule has 1 aliphatic heterocycles.